The molecule has 1 aliphatic rings. The molecule has 4 unspecified atom stereocenters. The van der Waals surface area contributed by atoms with Crippen molar-refractivity contribution >= 4 is 35.6 Å². The van der Waals surface area contributed by atoms with Gasteiger partial charge in [-0.25, -0.2) is 0 Å². The van der Waals surface area contributed by atoms with E-state index in [1.807, 2.05) is 0 Å². The van der Waals surface area contributed by atoms with Gasteiger partial charge in [0.15, 0.2) is 0 Å². The molecular formula is C17H27N5O8. The topological polar surface area (TPSA) is 222 Å². The number of primary amides is 1. The zero-order valence-corrected chi connectivity index (χ0v) is 16.5. The second kappa shape index (κ2) is 11.1. The largest absolute Gasteiger partial charge is 0.481 e. The van der Waals surface area contributed by atoms with E-state index in [9.17, 15) is 28.8 Å². The first-order valence-corrected chi connectivity index (χ1v) is 9.33. The number of likely N-dealkylation sites (tertiary alicyclic amines) is 1. The van der Waals surface area contributed by atoms with E-state index in [-0.39, 0.29) is 25.8 Å². The van der Waals surface area contributed by atoms with E-state index in [0.29, 0.717) is 6.42 Å². The van der Waals surface area contributed by atoms with Crippen LogP contribution >= 0.6 is 0 Å². The molecule has 13 heteroatoms. The van der Waals surface area contributed by atoms with Gasteiger partial charge in [-0.05, 0) is 26.2 Å². The predicted molar refractivity (Wildman–Crippen MR) is 101 cm³/mol. The third-order valence-corrected chi connectivity index (χ3v) is 4.59. The summed E-state index contributed by atoms with van der Waals surface area (Å²) in [6.45, 7) is 1.43. The Hall–Kier alpha value is -3.22. The molecule has 0 spiro atoms. The van der Waals surface area contributed by atoms with Crippen LogP contribution in [0.5, 0.6) is 0 Å². The SMILES string of the molecule is CC(NC(=O)C(CC(N)=O)NC(=O)C1CCCN1C(=O)C(N)CCC(=O)O)C(=O)O. The van der Waals surface area contributed by atoms with E-state index in [4.69, 9.17) is 21.7 Å². The first-order chi connectivity index (χ1) is 13.9. The van der Waals surface area contributed by atoms with Crippen molar-refractivity contribution in [2.75, 3.05) is 6.54 Å². The average Bonchev–Trinajstić information content (AvgIpc) is 3.14. The maximum absolute atomic E-state index is 12.7. The van der Waals surface area contributed by atoms with Gasteiger partial charge in [-0.15, -0.1) is 0 Å². The van der Waals surface area contributed by atoms with Gasteiger partial charge in [-0.2, -0.15) is 0 Å². The zero-order chi connectivity index (χ0) is 23.0. The molecule has 8 N–H and O–H groups in total. The predicted octanol–water partition coefficient (Wildman–Crippen LogP) is -2.88. The Morgan fingerprint density at radius 2 is 1.77 bits per heavy atom. The van der Waals surface area contributed by atoms with Gasteiger partial charge in [0.2, 0.25) is 23.6 Å². The lowest BCUT2D eigenvalue weighted by atomic mass is 10.1. The molecule has 1 aliphatic heterocycles. The Bertz CT molecular complexity index is 712. The normalized spacial score (nSPS) is 18.7. The molecule has 0 aromatic heterocycles. The van der Waals surface area contributed by atoms with Crippen LogP contribution in [0.15, 0.2) is 0 Å². The summed E-state index contributed by atoms with van der Waals surface area (Å²) >= 11 is 0. The molecule has 168 valence electrons. The second-order valence-corrected chi connectivity index (χ2v) is 7.03. The van der Waals surface area contributed by atoms with E-state index < -0.39 is 66.2 Å². The molecule has 13 nitrogen and oxygen atoms in total. The average molecular weight is 429 g/mol. The van der Waals surface area contributed by atoms with Gasteiger partial charge >= 0.3 is 11.9 Å². The van der Waals surface area contributed by atoms with Gasteiger partial charge in [0.25, 0.3) is 0 Å². The number of carboxylic acid groups (broad SMARTS) is 2. The van der Waals surface area contributed by atoms with Gasteiger partial charge < -0.3 is 37.2 Å². The van der Waals surface area contributed by atoms with E-state index in [2.05, 4.69) is 10.6 Å². The van der Waals surface area contributed by atoms with Crippen molar-refractivity contribution in [3.8, 4) is 0 Å². The molecule has 1 rings (SSSR count). The Morgan fingerprint density at radius 1 is 1.13 bits per heavy atom. The summed E-state index contributed by atoms with van der Waals surface area (Å²) in [5.41, 5.74) is 10.8. The third-order valence-electron chi connectivity index (χ3n) is 4.59. The number of aliphatic carboxylic acids is 2. The van der Waals surface area contributed by atoms with Crippen molar-refractivity contribution in [1.29, 1.82) is 0 Å². The maximum atomic E-state index is 12.7. The van der Waals surface area contributed by atoms with Crippen molar-refractivity contribution in [1.82, 2.24) is 15.5 Å². The van der Waals surface area contributed by atoms with E-state index in [1.165, 1.54) is 11.8 Å². The van der Waals surface area contributed by atoms with Crippen LogP contribution in [0.4, 0.5) is 0 Å². The van der Waals surface area contributed by atoms with Gasteiger partial charge in [-0.3, -0.25) is 28.8 Å². The number of hydrogen-bond acceptors (Lipinski definition) is 7. The number of amides is 4. The quantitative estimate of drug-likeness (QED) is 0.198. The highest BCUT2D eigenvalue weighted by Gasteiger charge is 2.38. The number of carboxylic acids is 2. The number of nitrogens with one attached hydrogen (secondary N) is 2. The molecule has 0 saturated carbocycles. The molecule has 1 heterocycles. The highest BCUT2D eigenvalue weighted by Crippen LogP contribution is 2.19. The summed E-state index contributed by atoms with van der Waals surface area (Å²) < 4.78 is 0. The van der Waals surface area contributed by atoms with Crippen LogP contribution in [0, 0.1) is 0 Å². The minimum absolute atomic E-state index is 0.0984. The molecule has 0 bridgehead atoms. The van der Waals surface area contributed by atoms with Crippen molar-refractivity contribution in [3.63, 3.8) is 0 Å². The summed E-state index contributed by atoms with van der Waals surface area (Å²) in [6, 6.07) is -4.75. The number of rotatable bonds is 11. The van der Waals surface area contributed by atoms with Gasteiger partial charge in [-0.1, -0.05) is 0 Å². The first kappa shape index (κ1) is 24.8. The molecule has 4 atom stereocenters. The fourth-order valence-electron chi connectivity index (χ4n) is 2.97. The molecule has 30 heavy (non-hydrogen) atoms. The number of nitrogens with zero attached hydrogens (tertiary/aromatic N) is 1. The van der Waals surface area contributed by atoms with E-state index >= 15 is 0 Å². The molecule has 1 fully saturated rings. The molecule has 4 amide bonds. The zero-order valence-electron chi connectivity index (χ0n) is 16.5. The molecule has 1 saturated heterocycles. The highest BCUT2D eigenvalue weighted by molar-refractivity contribution is 5.96. The fraction of sp³-hybridized carbons (Fsp3) is 0.647. The lowest BCUT2D eigenvalue weighted by Crippen LogP contribution is -2.57. The summed E-state index contributed by atoms with van der Waals surface area (Å²) in [5, 5.41) is 22.1. The van der Waals surface area contributed by atoms with Crippen molar-refractivity contribution < 1.29 is 39.0 Å². The minimum Gasteiger partial charge on any atom is -0.481 e. The van der Waals surface area contributed by atoms with Crippen LogP contribution in [0.25, 0.3) is 0 Å². The summed E-state index contributed by atoms with van der Waals surface area (Å²) in [4.78, 5) is 71.5. The first-order valence-electron chi connectivity index (χ1n) is 9.33. The van der Waals surface area contributed by atoms with Crippen LogP contribution in [0.2, 0.25) is 0 Å². The van der Waals surface area contributed by atoms with E-state index in [1.54, 1.807) is 0 Å². The van der Waals surface area contributed by atoms with Crippen molar-refractivity contribution in [3.05, 3.63) is 0 Å². The standard InChI is InChI=1S/C17H27N5O8/c1-8(17(29)30)20-14(26)10(7-12(19)23)21-15(27)11-3-2-6-22(11)16(28)9(18)4-5-13(24)25/h8-11H,2-7,18H2,1H3,(H2,19,23)(H,20,26)(H,21,27)(H,24,25)(H,29,30). The smallest absolute Gasteiger partial charge is 0.325 e. The van der Waals surface area contributed by atoms with Crippen LogP contribution in [0.1, 0.15) is 39.0 Å². The Kier molecular flexibility index (Phi) is 9.17. The summed E-state index contributed by atoms with van der Waals surface area (Å²) in [5.74, 6) is -5.54. The lowest BCUT2D eigenvalue weighted by Gasteiger charge is -2.28. The second-order valence-electron chi connectivity index (χ2n) is 7.03. The van der Waals surface area contributed by atoms with Gasteiger partial charge in [0.1, 0.15) is 18.1 Å². The summed E-state index contributed by atoms with van der Waals surface area (Å²) in [7, 11) is 0. The Balaban J connectivity index is 2.84. The molecule has 0 aliphatic carbocycles. The van der Waals surface area contributed by atoms with E-state index in [0.717, 1.165) is 0 Å². The van der Waals surface area contributed by atoms with Crippen LogP contribution < -0.4 is 22.1 Å². The lowest BCUT2D eigenvalue weighted by molar-refractivity contribution is -0.143. The van der Waals surface area contributed by atoms with Crippen LogP contribution in [-0.2, 0) is 28.8 Å². The van der Waals surface area contributed by atoms with Crippen LogP contribution in [-0.4, -0.2) is 81.4 Å². The Labute approximate surface area is 172 Å². The number of carbonyl (C=O) groups excluding carboxylic acids is 4. The monoisotopic (exact) mass is 429 g/mol. The molecule has 0 radical (unpaired) electrons. The van der Waals surface area contributed by atoms with Crippen molar-refractivity contribution in [2.24, 2.45) is 11.5 Å². The maximum Gasteiger partial charge on any atom is 0.325 e. The number of hydrogen-bond donors (Lipinski definition) is 6. The Morgan fingerprint density at radius 3 is 2.30 bits per heavy atom. The third kappa shape index (κ3) is 7.31. The number of carbonyl (C=O) groups is 6. The van der Waals surface area contributed by atoms with Gasteiger partial charge in [0, 0.05) is 13.0 Å². The molecular weight excluding hydrogens is 402 g/mol. The fourth-order valence-corrected chi connectivity index (χ4v) is 2.97. The minimum atomic E-state index is -1.42. The highest BCUT2D eigenvalue weighted by atomic mass is 16.4. The summed E-state index contributed by atoms with van der Waals surface area (Å²) in [6.07, 6.45) is -0.209. The molecule has 0 aromatic carbocycles. The van der Waals surface area contributed by atoms with Crippen molar-refractivity contribution in [2.45, 2.75) is 63.2 Å². The van der Waals surface area contributed by atoms with Crippen LogP contribution in [0.3, 0.4) is 0 Å². The number of nitrogens with two attached hydrogens (primary N) is 2. The molecule has 0 aromatic rings. The van der Waals surface area contributed by atoms with Gasteiger partial charge in [0.05, 0.1) is 12.5 Å².